The molecule has 0 aromatic carbocycles. The van der Waals surface area contributed by atoms with Crippen molar-refractivity contribution in [3.8, 4) is 0 Å². The molecule has 0 fully saturated rings. The standard InChI is InChI=1S/C4H10O.C4H9.K/c1-2-3-4-5;1-4(2)3;/h5H,2-4H2,1H3;1-3H3;. The first-order valence-electron chi connectivity index (χ1n) is 4.02. The Morgan fingerprint density at radius 3 is 1.60 bits per heavy atom. The van der Waals surface area contributed by atoms with Gasteiger partial charge in [-0.15, -0.1) is 0 Å². The molecule has 0 atom stereocenters. The molecule has 1 nitrogen and oxygen atoms in total. The van der Waals surface area contributed by atoms with Crippen molar-refractivity contribution in [1.82, 2.24) is 0 Å². The molecule has 0 bridgehead atoms. The van der Waals surface area contributed by atoms with Gasteiger partial charge in [0, 0.05) is 6.61 Å². The van der Waals surface area contributed by atoms with Crippen LogP contribution < -0.4 is 0 Å². The Balaban J connectivity index is 0. The topological polar surface area (TPSA) is 20.2 Å². The van der Waals surface area contributed by atoms with Crippen LogP contribution in [0.1, 0.15) is 40.5 Å². The van der Waals surface area contributed by atoms with E-state index >= 15 is 0 Å². The van der Waals surface area contributed by atoms with Crippen molar-refractivity contribution in [2.75, 3.05) is 6.61 Å². The van der Waals surface area contributed by atoms with Crippen LogP contribution in [0.3, 0.4) is 0 Å². The summed E-state index contributed by atoms with van der Waals surface area (Å²) in [6.07, 6.45) is 2.04. The molecule has 2 heteroatoms. The molecule has 58 valence electrons. The number of aliphatic hydroxyl groups excluding tert-OH is 1. The van der Waals surface area contributed by atoms with Gasteiger partial charge in [-0.1, -0.05) is 13.3 Å². The fraction of sp³-hybridized carbons (Fsp3) is 1.00. The first-order chi connectivity index (χ1) is 4.41. The summed E-state index contributed by atoms with van der Waals surface area (Å²) >= 11 is 1.00. The first kappa shape index (κ1) is 14.1. The number of hydrogen-bond acceptors (Lipinski definition) is 1. The van der Waals surface area contributed by atoms with Gasteiger partial charge in [-0.05, 0) is 6.42 Å². The average Bonchev–Trinajstić information content (AvgIpc) is 1.63. The van der Waals surface area contributed by atoms with Crippen LogP contribution in [0.5, 0.6) is 0 Å². The first-order valence-corrected chi connectivity index (χ1v) is 5.58. The van der Waals surface area contributed by atoms with Crippen LogP contribution in [0.15, 0.2) is 0 Å². The van der Waals surface area contributed by atoms with E-state index in [1.807, 2.05) is 0 Å². The summed E-state index contributed by atoms with van der Waals surface area (Å²) < 4.78 is 0.688. The predicted molar refractivity (Wildman–Crippen MR) is 47.5 cm³/mol. The average molecular weight is 170 g/mol. The Morgan fingerprint density at radius 2 is 1.60 bits per heavy atom. The monoisotopic (exact) mass is 170 g/mol. The molecule has 0 radical (unpaired) electrons. The van der Waals surface area contributed by atoms with Crippen molar-refractivity contribution >= 4 is 49.0 Å². The van der Waals surface area contributed by atoms with Gasteiger partial charge in [-0.3, -0.25) is 0 Å². The molecular formula is C8H19KO. The van der Waals surface area contributed by atoms with E-state index in [0.717, 1.165) is 61.8 Å². The van der Waals surface area contributed by atoms with E-state index in [2.05, 4.69) is 27.7 Å². The maximum absolute atomic E-state index is 8.07. The van der Waals surface area contributed by atoms with E-state index in [4.69, 9.17) is 5.11 Å². The molecule has 0 amide bonds. The molecule has 0 aromatic heterocycles. The quantitative estimate of drug-likeness (QED) is 0.630. The molecule has 0 aliphatic rings. The van der Waals surface area contributed by atoms with Crippen LogP contribution in [0.25, 0.3) is 0 Å². The Hall–Kier alpha value is 1.60. The molecule has 0 saturated carbocycles. The fourth-order valence-electron chi connectivity index (χ4n) is 0.158. The summed E-state index contributed by atoms with van der Waals surface area (Å²) in [5.74, 6) is 0. The van der Waals surface area contributed by atoms with Gasteiger partial charge < -0.3 is 5.11 Å². The molecule has 0 aliphatic heterocycles. The van der Waals surface area contributed by atoms with Crippen LogP contribution >= 0.6 is 0 Å². The van der Waals surface area contributed by atoms with Crippen molar-refractivity contribution in [2.24, 2.45) is 0 Å². The molecular weight excluding hydrogens is 151 g/mol. The predicted octanol–water partition coefficient (Wildman–Crippen LogP) is 2.15. The second-order valence-corrected chi connectivity index (χ2v) is 8.76. The van der Waals surface area contributed by atoms with E-state index in [1.54, 1.807) is 0 Å². The maximum atomic E-state index is 8.07. The molecule has 0 saturated heterocycles. The van der Waals surface area contributed by atoms with Crippen molar-refractivity contribution in [3.05, 3.63) is 0 Å². The second-order valence-electron chi connectivity index (χ2n) is 4.08. The van der Waals surface area contributed by atoms with Gasteiger partial charge >= 0.3 is 69.2 Å². The minimum absolute atomic E-state index is 0.344. The van der Waals surface area contributed by atoms with Gasteiger partial charge in [0.15, 0.2) is 0 Å². The van der Waals surface area contributed by atoms with Crippen molar-refractivity contribution in [3.63, 3.8) is 0 Å². The Labute approximate surface area is 99.2 Å². The van der Waals surface area contributed by atoms with Gasteiger partial charge in [-0.2, -0.15) is 0 Å². The normalized spacial score (nSPS) is 10.3. The molecule has 0 rings (SSSR count). The van der Waals surface area contributed by atoms with E-state index < -0.39 is 0 Å². The number of rotatable bonds is 2. The number of unbranched alkanes of at least 4 members (excludes halogenated alkanes) is 1. The van der Waals surface area contributed by atoms with Crippen LogP contribution in [0.2, 0.25) is -0.490 Å². The fourth-order valence-corrected chi connectivity index (χ4v) is 0.158. The van der Waals surface area contributed by atoms with Gasteiger partial charge in [0.2, 0.25) is 0 Å². The van der Waals surface area contributed by atoms with Crippen LogP contribution in [-0.2, 0) is 0 Å². The zero-order chi connectivity index (χ0) is 8.62. The number of hydrogen-bond donors (Lipinski definition) is 1. The molecule has 0 aromatic rings. The zero-order valence-corrected chi connectivity index (χ0v) is 11.2. The zero-order valence-electron chi connectivity index (χ0n) is 8.07. The van der Waals surface area contributed by atoms with Crippen LogP contribution in [0.4, 0.5) is 0 Å². The van der Waals surface area contributed by atoms with E-state index in [1.165, 1.54) is 0 Å². The third-order valence-corrected chi connectivity index (χ3v) is 0.512. The number of aliphatic hydroxyl groups is 1. The van der Waals surface area contributed by atoms with Crippen molar-refractivity contribution in [2.45, 2.75) is 40.0 Å². The van der Waals surface area contributed by atoms with Crippen molar-refractivity contribution < 1.29 is 5.11 Å². The third kappa shape index (κ3) is 54.8. The molecule has 10 heavy (non-hydrogen) atoms. The molecule has 1 N–H and O–H groups in total. The second kappa shape index (κ2) is 8.69. The van der Waals surface area contributed by atoms with Gasteiger partial charge in [0.05, 0.1) is 0 Å². The van der Waals surface area contributed by atoms with E-state index in [9.17, 15) is 0 Å². The molecule has 0 aliphatic carbocycles. The minimum atomic E-state index is 0.344. The Morgan fingerprint density at radius 1 is 1.30 bits per heavy atom. The summed E-state index contributed by atoms with van der Waals surface area (Å²) in [5, 5.41) is 8.07. The summed E-state index contributed by atoms with van der Waals surface area (Å²) in [6, 6.07) is 0. The SMILES string of the molecule is CCCCO.C[C](C)(C)[K]. The molecule has 0 spiro atoms. The van der Waals surface area contributed by atoms with Crippen LogP contribution in [-0.4, -0.2) is 60.7 Å². The summed E-state index contributed by atoms with van der Waals surface area (Å²) in [4.78, 5) is 0. The van der Waals surface area contributed by atoms with Gasteiger partial charge in [0.25, 0.3) is 0 Å². The Bertz CT molecular complexity index is 48.8. The molecule has 0 heterocycles. The van der Waals surface area contributed by atoms with Gasteiger partial charge in [0.1, 0.15) is 0 Å². The van der Waals surface area contributed by atoms with E-state index in [-0.39, 0.29) is 0 Å². The third-order valence-electron chi connectivity index (χ3n) is 0.512. The van der Waals surface area contributed by atoms with Crippen LogP contribution in [0, 0.1) is 0 Å². The Kier molecular flexibility index (Phi) is 12.3. The summed E-state index contributed by atoms with van der Waals surface area (Å²) in [7, 11) is 0. The van der Waals surface area contributed by atoms with E-state index in [0.29, 0.717) is 6.12 Å². The van der Waals surface area contributed by atoms with Crippen molar-refractivity contribution in [1.29, 1.82) is 0 Å². The summed E-state index contributed by atoms with van der Waals surface area (Å²) in [6.45, 7) is 9.21. The molecule has 0 unspecified atom stereocenters. The van der Waals surface area contributed by atoms with Gasteiger partial charge in [-0.25, -0.2) is 0 Å². The summed E-state index contributed by atoms with van der Waals surface area (Å²) in [5.41, 5.74) is 0.